The first-order valence-electron chi connectivity index (χ1n) is 6.84. The van der Waals surface area contributed by atoms with Crippen LogP contribution in [0.15, 0.2) is 11.0 Å². The van der Waals surface area contributed by atoms with Crippen LogP contribution in [-0.2, 0) is 42.9 Å². The van der Waals surface area contributed by atoms with Gasteiger partial charge in [0.1, 0.15) is 6.61 Å². The lowest BCUT2D eigenvalue weighted by molar-refractivity contribution is -0.187. The number of carbonyl (C=O) groups excluding carboxylic acids is 4. The lowest BCUT2D eigenvalue weighted by Gasteiger charge is -2.36. The van der Waals surface area contributed by atoms with Gasteiger partial charge in [0.05, 0.1) is 0 Å². The third-order valence-corrected chi connectivity index (χ3v) is 2.95. The van der Waals surface area contributed by atoms with Crippen molar-refractivity contribution in [1.82, 2.24) is 0 Å². The first-order valence-corrected chi connectivity index (χ1v) is 7.22. The van der Waals surface area contributed by atoms with Crippen LogP contribution in [0.4, 0.5) is 0 Å². The van der Waals surface area contributed by atoms with E-state index in [0.29, 0.717) is 0 Å². The van der Waals surface area contributed by atoms with Gasteiger partial charge in [-0.2, -0.15) is 0 Å². The van der Waals surface area contributed by atoms with E-state index in [1.165, 1.54) is 6.92 Å². The quantitative estimate of drug-likeness (QED) is 0.515. The first kappa shape index (κ1) is 19.8. The number of hydrogen-bond donors (Lipinski definition) is 0. The summed E-state index contributed by atoms with van der Waals surface area (Å²) in [5.74, 6) is -3.11. The van der Waals surface area contributed by atoms with Crippen molar-refractivity contribution in [2.24, 2.45) is 0 Å². The molecule has 1 rings (SSSR count). The van der Waals surface area contributed by atoms with Gasteiger partial charge in [0, 0.05) is 27.7 Å². The summed E-state index contributed by atoms with van der Waals surface area (Å²) in [6, 6.07) is 0. The van der Waals surface area contributed by atoms with Gasteiger partial charge in [-0.25, -0.2) is 0 Å². The van der Waals surface area contributed by atoms with E-state index in [1.807, 2.05) is 0 Å². The third-order valence-electron chi connectivity index (χ3n) is 2.67. The number of esters is 4. The lowest BCUT2D eigenvalue weighted by Crippen LogP contribution is -2.51. The predicted molar refractivity (Wildman–Crippen MR) is 77.3 cm³/mol. The fraction of sp³-hybridized carbons (Fsp3) is 0.571. The molecule has 0 aromatic heterocycles. The molecule has 0 amide bonds. The summed E-state index contributed by atoms with van der Waals surface area (Å²) in [6.07, 6.45) is -3.63. The summed E-state index contributed by atoms with van der Waals surface area (Å²) in [5.41, 5.74) is 0. The van der Waals surface area contributed by atoms with Gasteiger partial charge in [0.25, 0.3) is 0 Å². The van der Waals surface area contributed by atoms with E-state index in [4.69, 9.17) is 35.3 Å². The zero-order valence-electron chi connectivity index (χ0n) is 13.5. The van der Waals surface area contributed by atoms with E-state index in [2.05, 4.69) is 0 Å². The lowest BCUT2D eigenvalue weighted by atomic mass is 10.0. The van der Waals surface area contributed by atoms with E-state index in [-0.39, 0.29) is 17.6 Å². The molecule has 0 aromatic rings. The molecule has 0 bridgehead atoms. The maximum atomic E-state index is 11.4. The maximum Gasteiger partial charge on any atom is 0.308 e. The van der Waals surface area contributed by atoms with Crippen molar-refractivity contribution in [2.75, 3.05) is 6.61 Å². The summed E-state index contributed by atoms with van der Waals surface area (Å²) in [7, 11) is 0. The summed E-state index contributed by atoms with van der Waals surface area (Å²) in [4.78, 5) is 44.9. The molecular weight excluding hydrogens is 348 g/mol. The SMILES string of the molecule is CC(=O)OC[C@H]1OC(Cl)=C(OC(C)=O)[C@@H](OC(C)=O)[C@@H]1OC(C)=O. The van der Waals surface area contributed by atoms with E-state index in [9.17, 15) is 19.2 Å². The van der Waals surface area contributed by atoms with Crippen LogP contribution in [0.2, 0.25) is 0 Å². The second-order valence-electron chi connectivity index (χ2n) is 4.79. The highest BCUT2D eigenvalue weighted by molar-refractivity contribution is 6.28. The second-order valence-corrected chi connectivity index (χ2v) is 5.14. The van der Waals surface area contributed by atoms with Crippen LogP contribution < -0.4 is 0 Å². The van der Waals surface area contributed by atoms with Crippen LogP contribution >= 0.6 is 11.6 Å². The molecule has 0 aromatic carbocycles. The second kappa shape index (κ2) is 8.53. The number of carbonyl (C=O) groups is 4. The van der Waals surface area contributed by atoms with Crippen molar-refractivity contribution < 1.29 is 42.9 Å². The zero-order chi connectivity index (χ0) is 18.4. The van der Waals surface area contributed by atoms with Crippen molar-refractivity contribution in [2.45, 2.75) is 46.0 Å². The van der Waals surface area contributed by atoms with Gasteiger partial charge in [-0.05, 0) is 11.6 Å². The largest absolute Gasteiger partial charge is 0.469 e. The molecular formula is C14H17ClO9. The highest BCUT2D eigenvalue weighted by Gasteiger charge is 2.46. The smallest absolute Gasteiger partial charge is 0.308 e. The van der Waals surface area contributed by atoms with E-state index < -0.39 is 42.2 Å². The summed E-state index contributed by atoms with van der Waals surface area (Å²) >= 11 is 5.92. The summed E-state index contributed by atoms with van der Waals surface area (Å²) < 4.78 is 25.2. The topological polar surface area (TPSA) is 114 Å². The van der Waals surface area contributed by atoms with Crippen LogP contribution in [0.3, 0.4) is 0 Å². The Labute approximate surface area is 142 Å². The highest BCUT2D eigenvalue weighted by Crippen LogP contribution is 2.32. The van der Waals surface area contributed by atoms with Crippen LogP contribution in [0.1, 0.15) is 27.7 Å². The Morgan fingerprint density at radius 3 is 2.00 bits per heavy atom. The van der Waals surface area contributed by atoms with Crippen molar-refractivity contribution in [3.05, 3.63) is 11.0 Å². The van der Waals surface area contributed by atoms with Crippen LogP contribution in [0.5, 0.6) is 0 Å². The Hall–Kier alpha value is -2.29. The van der Waals surface area contributed by atoms with Crippen LogP contribution in [-0.4, -0.2) is 48.8 Å². The maximum absolute atomic E-state index is 11.4. The standard InChI is InChI=1S/C14H17ClO9/c1-6(16)20-5-10-11(21-7(2)17)12(22-8(3)18)13(14(15)24-10)23-9(4)19/h10-12H,5H2,1-4H3/t10-,11-,12+/m1/s1. The Kier molecular flexibility index (Phi) is 7.02. The predicted octanol–water partition coefficient (Wildman–Crippen LogP) is 0.783. The van der Waals surface area contributed by atoms with E-state index >= 15 is 0 Å². The zero-order valence-corrected chi connectivity index (χ0v) is 14.2. The minimum Gasteiger partial charge on any atom is -0.469 e. The van der Waals surface area contributed by atoms with Gasteiger partial charge in [-0.3, -0.25) is 19.2 Å². The molecule has 24 heavy (non-hydrogen) atoms. The average molecular weight is 365 g/mol. The molecule has 1 aliphatic rings. The van der Waals surface area contributed by atoms with Crippen molar-refractivity contribution in [3.8, 4) is 0 Å². The molecule has 3 atom stereocenters. The highest BCUT2D eigenvalue weighted by atomic mass is 35.5. The Morgan fingerprint density at radius 2 is 1.54 bits per heavy atom. The molecule has 0 unspecified atom stereocenters. The molecule has 0 N–H and O–H groups in total. The van der Waals surface area contributed by atoms with Gasteiger partial charge in [0.2, 0.25) is 17.1 Å². The van der Waals surface area contributed by atoms with Gasteiger partial charge in [0.15, 0.2) is 12.2 Å². The molecule has 0 fully saturated rings. The van der Waals surface area contributed by atoms with Gasteiger partial charge in [-0.1, -0.05) is 0 Å². The van der Waals surface area contributed by atoms with Crippen molar-refractivity contribution >= 4 is 35.5 Å². The van der Waals surface area contributed by atoms with E-state index in [1.54, 1.807) is 0 Å². The molecule has 1 aliphatic heterocycles. The number of halogens is 1. The number of hydrogen-bond acceptors (Lipinski definition) is 9. The number of rotatable bonds is 5. The molecule has 0 saturated carbocycles. The summed E-state index contributed by atoms with van der Waals surface area (Å²) in [5, 5.41) is -0.378. The molecule has 9 nitrogen and oxygen atoms in total. The van der Waals surface area contributed by atoms with Gasteiger partial charge < -0.3 is 23.7 Å². The molecule has 1 heterocycles. The Bertz CT molecular complexity index is 569. The average Bonchev–Trinajstić information content (AvgIpc) is 2.42. The van der Waals surface area contributed by atoms with Crippen LogP contribution in [0.25, 0.3) is 0 Å². The third kappa shape index (κ3) is 5.73. The monoisotopic (exact) mass is 364 g/mol. The van der Waals surface area contributed by atoms with Gasteiger partial charge in [-0.15, -0.1) is 0 Å². The van der Waals surface area contributed by atoms with Gasteiger partial charge >= 0.3 is 23.9 Å². The molecule has 0 radical (unpaired) electrons. The Balaban J connectivity index is 3.21. The Morgan fingerprint density at radius 1 is 0.958 bits per heavy atom. The first-order chi connectivity index (χ1) is 11.1. The molecule has 10 heteroatoms. The fourth-order valence-electron chi connectivity index (χ4n) is 1.92. The fourth-order valence-corrected chi connectivity index (χ4v) is 2.18. The van der Waals surface area contributed by atoms with E-state index in [0.717, 1.165) is 20.8 Å². The van der Waals surface area contributed by atoms with Crippen molar-refractivity contribution in [1.29, 1.82) is 0 Å². The minimum atomic E-state index is -1.34. The molecule has 134 valence electrons. The summed E-state index contributed by atoms with van der Waals surface area (Å²) in [6.45, 7) is 4.19. The molecule has 0 spiro atoms. The minimum absolute atomic E-state index is 0.315. The number of ether oxygens (including phenoxy) is 5. The molecule has 0 saturated heterocycles. The van der Waals surface area contributed by atoms with Crippen molar-refractivity contribution in [3.63, 3.8) is 0 Å². The van der Waals surface area contributed by atoms with Crippen LogP contribution in [0, 0.1) is 0 Å². The molecule has 0 aliphatic carbocycles. The normalized spacial score (nSPS) is 23.0.